The molecule has 0 atom stereocenters. The van der Waals surface area contributed by atoms with Crippen LogP contribution in [0.5, 0.6) is 0 Å². The lowest BCUT2D eigenvalue weighted by atomic mass is 9.99. The number of hydrogen-bond donors (Lipinski definition) is 1. The Morgan fingerprint density at radius 1 is 0.962 bits per heavy atom. The van der Waals surface area contributed by atoms with E-state index in [0.717, 1.165) is 26.2 Å². The second-order valence-electron chi connectivity index (χ2n) is 6.37. The van der Waals surface area contributed by atoms with E-state index in [1.54, 1.807) is 17.7 Å². The molecule has 0 aliphatic carbocycles. The van der Waals surface area contributed by atoms with Crippen LogP contribution in [0.2, 0.25) is 0 Å². The van der Waals surface area contributed by atoms with Gasteiger partial charge in [-0.3, -0.25) is 0 Å². The van der Waals surface area contributed by atoms with Crippen LogP contribution < -0.4 is 5.32 Å². The van der Waals surface area contributed by atoms with Gasteiger partial charge in [-0.15, -0.1) is 11.3 Å². The fourth-order valence-electron chi connectivity index (χ4n) is 3.09. The molecule has 2 heterocycles. The maximum atomic E-state index is 4.54. The molecule has 4 rings (SSSR count). The van der Waals surface area contributed by atoms with Crippen molar-refractivity contribution in [2.24, 2.45) is 0 Å². The number of fused-ring (bicyclic) bond motifs is 1. The quantitative estimate of drug-likeness (QED) is 0.394. The van der Waals surface area contributed by atoms with Gasteiger partial charge in [-0.05, 0) is 55.7 Å². The number of halogens is 1. The van der Waals surface area contributed by atoms with Crippen molar-refractivity contribution in [2.75, 3.05) is 5.32 Å². The first-order chi connectivity index (χ1) is 12.5. The van der Waals surface area contributed by atoms with E-state index in [1.165, 1.54) is 27.1 Å². The van der Waals surface area contributed by atoms with Crippen LogP contribution in [-0.4, -0.2) is 9.97 Å². The van der Waals surface area contributed by atoms with Crippen LogP contribution in [0.15, 0.2) is 53.3 Å². The molecule has 130 valence electrons. The third-order valence-electron chi connectivity index (χ3n) is 4.55. The average Bonchev–Trinajstić information content (AvgIpc) is 2.94. The summed E-state index contributed by atoms with van der Waals surface area (Å²) in [6.45, 7) is 6.45. The standard InChI is InChI=1S/C21H18BrN3S/c1-12-7-8-15(9-13(12)2)18-14(3)26-21-19(18)20(23-11-24-21)25-17-6-4-5-16(22)10-17/h4-11H,1-3H3,(H,23,24,25). The largest absolute Gasteiger partial charge is 0.340 e. The Morgan fingerprint density at radius 2 is 1.81 bits per heavy atom. The van der Waals surface area contributed by atoms with Gasteiger partial charge >= 0.3 is 0 Å². The molecule has 0 saturated carbocycles. The first-order valence-electron chi connectivity index (χ1n) is 8.37. The molecule has 0 amide bonds. The van der Waals surface area contributed by atoms with E-state index >= 15 is 0 Å². The number of hydrogen-bond acceptors (Lipinski definition) is 4. The van der Waals surface area contributed by atoms with E-state index in [9.17, 15) is 0 Å². The van der Waals surface area contributed by atoms with Crippen molar-refractivity contribution in [3.8, 4) is 11.1 Å². The van der Waals surface area contributed by atoms with Crippen LogP contribution in [0.1, 0.15) is 16.0 Å². The molecule has 4 aromatic rings. The second-order valence-corrected chi connectivity index (χ2v) is 8.49. The molecule has 0 radical (unpaired) electrons. The summed E-state index contributed by atoms with van der Waals surface area (Å²) in [5, 5.41) is 4.54. The molecule has 0 unspecified atom stereocenters. The number of nitrogens with one attached hydrogen (secondary N) is 1. The van der Waals surface area contributed by atoms with Crippen LogP contribution >= 0.6 is 27.3 Å². The smallest absolute Gasteiger partial charge is 0.143 e. The molecule has 5 heteroatoms. The zero-order valence-corrected chi connectivity index (χ0v) is 17.2. The Morgan fingerprint density at radius 3 is 2.58 bits per heavy atom. The average molecular weight is 424 g/mol. The first kappa shape index (κ1) is 17.2. The molecule has 0 spiro atoms. The van der Waals surface area contributed by atoms with Crippen molar-refractivity contribution in [3.05, 3.63) is 69.3 Å². The van der Waals surface area contributed by atoms with Crippen molar-refractivity contribution >= 4 is 49.0 Å². The summed E-state index contributed by atoms with van der Waals surface area (Å²) in [6, 6.07) is 14.7. The fourth-order valence-corrected chi connectivity index (χ4v) is 4.50. The summed E-state index contributed by atoms with van der Waals surface area (Å²) >= 11 is 5.24. The van der Waals surface area contributed by atoms with Gasteiger partial charge in [0.1, 0.15) is 17.0 Å². The number of benzene rings is 2. The number of anilines is 2. The van der Waals surface area contributed by atoms with E-state index in [2.05, 4.69) is 70.2 Å². The molecular formula is C21H18BrN3S. The molecule has 1 N–H and O–H groups in total. The normalized spacial score (nSPS) is 11.1. The second kappa shape index (κ2) is 6.82. The Hall–Kier alpha value is -2.24. The molecule has 0 aliphatic heterocycles. The van der Waals surface area contributed by atoms with E-state index in [1.807, 2.05) is 24.3 Å². The van der Waals surface area contributed by atoms with Gasteiger partial charge < -0.3 is 5.32 Å². The summed E-state index contributed by atoms with van der Waals surface area (Å²) in [5.41, 5.74) is 6.01. The fraction of sp³-hybridized carbons (Fsp3) is 0.143. The van der Waals surface area contributed by atoms with E-state index in [-0.39, 0.29) is 0 Å². The number of rotatable bonds is 3. The number of aryl methyl sites for hydroxylation is 3. The van der Waals surface area contributed by atoms with Crippen molar-refractivity contribution in [1.82, 2.24) is 9.97 Å². The third kappa shape index (κ3) is 3.13. The molecule has 2 aromatic heterocycles. The van der Waals surface area contributed by atoms with E-state index in [0.29, 0.717) is 0 Å². The lowest BCUT2D eigenvalue weighted by Crippen LogP contribution is -1.96. The van der Waals surface area contributed by atoms with E-state index < -0.39 is 0 Å². The predicted molar refractivity (Wildman–Crippen MR) is 114 cm³/mol. The SMILES string of the molecule is Cc1ccc(-c2c(C)sc3ncnc(Nc4cccc(Br)c4)c23)cc1C. The Balaban J connectivity index is 1.91. The molecule has 0 aliphatic rings. The number of thiophene rings is 1. The highest BCUT2D eigenvalue weighted by molar-refractivity contribution is 9.10. The van der Waals surface area contributed by atoms with Crippen LogP contribution in [-0.2, 0) is 0 Å². The Labute approximate surface area is 165 Å². The predicted octanol–water partition coefficient (Wildman–Crippen LogP) is 6.79. The van der Waals surface area contributed by atoms with E-state index in [4.69, 9.17) is 0 Å². The minimum Gasteiger partial charge on any atom is -0.340 e. The van der Waals surface area contributed by atoms with Crippen molar-refractivity contribution in [3.63, 3.8) is 0 Å². The Kier molecular flexibility index (Phi) is 4.51. The molecule has 0 bridgehead atoms. The highest BCUT2D eigenvalue weighted by Gasteiger charge is 2.17. The minimum atomic E-state index is 0.839. The van der Waals surface area contributed by atoms with Crippen LogP contribution in [0.4, 0.5) is 11.5 Å². The highest BCUT2D eigenvalue weighted by Crippen LogP contribution is 2.41. The summed E-state index contributed by atoms with van der Waals surface area (Å²) in [4.78, 5) is 11.3. The maximum Gasteiger partial charge on any atom is 0.143 e. The zero-order valence-electron chi connectivity index (χ0n) is 14.8. The van der Waals surface area contributed by atoms with Crippen molar-refractivity contribution in [2.45, 2.75) is 20.8 Å². The molecule has 0 saturated heterocycles. The summed E-state index contributed by atoms with van der Waals surface area (Å²) in [6.07, 6.45) is 1.63. The highest BCUT2D eigenvalue weighted by atomic mass is 79.9. The van der Waals surface area contributed by atoms with Gasteiger partial charge in [-0.2, -0.15) is 0 Å². The maximum absolute atomic E-state index is 4.54. The minimum absolute atomic E-state index is 0.839. The molecule has 3 nitrogen and oxygen atoms in total. The molecule has 0 fully saturated rings. The number of aromatic nitrogens is 2. The topological polar surface area (TPSA) is 37.8 Å². The number of nitrogens with zero attached hydrogens (tertiary/aromatic N) is 2. The van der Waals surface area contributed by atoms with Gasteiger partial charge in [0.2, 0.25) is 0 Å². The van der Waals surface area contributed by atoms with Gasteiger partial charge in [0.05, 0.1) is 5.39 Å². The molecule has 26 heavy (non-hydrogen) atoms. The van der Waals surface area contributed by atoms with Gasteiger partial charge in [-0.1, -0.05) is 40.2 Å². The zero-order chi connectivity index (χ0) is 18.3. The molecule has 2 aromatic carbocycles. The van der Waals surface area contributed by atoms with Crippen molar-refractivity contribution < 1.29 is 0 Å². The van der Waals surface area contributed by atoms with Crippen molar-refractivity contribution in [1.29, 1.82) is 0 Å². The monoisotopic (exact) mass is 423 g/mol. The Bertz CT molecular complexity index is 1120. The lowest BCUT2D eigenvalue weighted by Gasteiger charge is -2.10. The van der Waals surface area contributed by atoms with Gasteiger partial charge in [-0.25, -0.2) is 9.97 Å². The van der Waals surface area contributed by atoms with Crippen LogP contribution in [0.3, 0.4) is 0 Å². The summed E-state index contributed by atoms with van der Waals surface area (Å²) < 4.78 is 1.03. The molecular weight excluding hydrogens is 406 g/mol. The van der Waals surface area contributed by atoms with Crippen LogP contribution in [0, 0.1) is 20.8 Å². The lowest BCUT2D eigenvalue weighted by molar-refractivity contribution is 1.23. The summed E-state index contributed by atoms with van der Waals surface area (Å²) in [7, 11) is 0. The first-order valence-corrected chi connectivity index (χ1v) is 9.98. The van der Waals surface area contributed by atoms with Gasteiger partial charge in [0, 0.05) is 20.6 Å². The van der Waals surface area contributed by atoms with Crippen LogP contribution in [0.25, 0.3) is 21.3 Å². The van der Waals surface area contributed by atoms with Gasteiger partial charge in [0.25, 0.3) is 0 Å². The summed E-state index contributed by atoms with van der Waals surface area (Å²) in [5.74, 6) is 0.839. The third-order valence-corrected chi connectivity index (χ3v) is 6.05. The van der Waals surface area contributed by atoms with Gasteiger partial charge in [0.15, 0.2) is 0 Å².